The molecule has 0 spiro atoms. The number of nitrogens with zero attached hydrogens (tertiary/aromatic N) is 1. The lowest BCUT2D eigenvalue weighted by Gasteiger charge is -2.09. The number of hydrogen-bond acceptors (Lipinski definition) is 2. The van der Waals surface area contributed by atoms with E-state index in [9.17, 15) is 8.78 Å². The predicted octanol–water partition coefficient (Wildman–Crippen LogP) is 4.39. The summed E-state index contributed by atoms with van der Waals surface area (Å²) < 4.78 is 32.9. The number of rotatable bonds is 2. The van der Waals surface area contributed by atoms with Crippen molar-refractivity contribution in [3.8, 4) is 17.6 Å². The number of hydrogen-bond donors (Lipinski definition) is 0. The zero-order chi connectivity index (χ0) is 13.1. The number of para-hydroxylation sites is 1. The molecule has 0 fully saturated rings. The molecule has 0 atom stereocenters. The van der Waals surface area contributed by atoms with Crippen molar-refractivity contribution in [1.29, 1.82) is 5.26 Å². The van der Waals surface area contributed by atoms with Crippen LogP contribution >= 0.6 is 15.9 Å². The second-order valence-electron chi connectivity index (χ2n) is 3.41. The summed E-state index contributed by atoms with van der Waals surface area (Å²) in [5.41, 5.74) is -0.0931. The van der Waals surface area contributed by atoms with Crippen molar-refractivity contribution in [3.63, 3.8) is 0 Å². The molecule has 0 saturated carbocycles. The molecule has 90 valence electrons. The fourth-order valence-corrected chi connectivity index (χ4v) is 1.73. The summed E-state index contributed by atoms with van der Waals surface area (Å²) in [5, 5.41) is 8.58. The average molecular weight is 310 g/mol. The molecule has 2 nitrogen and oxygen atoms in total. The van der Waals surface area contributed by atoms with Crippen LogP contribution in [-0.4, -0.2) is 0 Å². The molecule has 2 rings (SSSR count). The van der Waals surface area contributed by atoms with E-state index in [4.69, 9.17) is 10.00 Å². The van der Waals surface area contributed by atoms with Crippen molar-refractivity contribution in [3.05, 3.63) is 58.1 Å². The van der Waals surface area contributed by atoms with Crippen LogP contribution in [0.1, 0.15) is 5.56 Å². The van der Waals surface area contributed by atoms with Crippen molar-refractivity contribution in [2.24, 2.45) is 0 Å². The van der Waals surface area contributed by atoms with Gasteiger partial charge in [0.05, 0.1) is 16.1 Å². The third-order valence-corrected chi connectivity index (χ3v) is 2.83. The zero-order valence-electron chi connectivity index (χ0n) is 8.95. The summed E-state index contributed by atoms with van der Waals surface area (Å²) in [6.45, 7) is 0. The third-order valence-electron chi connectivity index (χ3n) is 2.18. The molecule has 2 aromatic rings. The van der Waals surface area contributed by atoms with Crippen LogP contribution in [-0.2, 0) is 0 Å². The van der Waals surface area contributed by atoms with Gasteiger partial charge in [-0.1, -0.05) is 12.1 Å². The predicted molar refractivity (Wildman–Crippen MR) is 65.3 cm³/mol. The van der Waals surface area contributed by atoms with Crippen LogP contribution in [0.3, 0.4) is 0 Å². The number of benzene rings is 2. The minimum Gasteiger partial charge on any atom is -0.450 e. The average Bonchev–Trinajstić information content (AvgIpc) is 2.35. The zero-order valence-corrected chi connectivity index (χ0v) is 10.5. The second kappa shape index (κ2) is 5.15. The normalized spacial score (nSPS) is 9.89. The summed E-state index contributed by atoms with van der Waals surface area (Å²) >= 11 is 3.21. The van der Waals surface area contributed by atoms with Gasteiger partial charge in [0.2, 0.25) is 0 Å². The Morgan fingerprint density at radius 2 is 1.72 bits per heavy atom. The molecular weight excluding hydrogens is 304 g/mol. The van der Waals surface area contributed by atoms with Crippen LogP contribution in [0.25, 0.3) is 0 Å². The van der Waals surface area contributed by atoms with E-state index in [0.29, 0.717) is 10.2 Å². The highest BCUT2D eigenvalue weighted by molar-refractivity contribution is 9.10. The van der Waals surface area contributed by atoms with Gasteiger partial charge in [-0.2, -0.15) is 5.26 Å². The van der Waals surface area contributed by atoms with Gasteiger partial charge < -0.3 is 4.74 Å². The highest BCUT2D eigenvalue weighted by atomic mass is 79.9. The van der Waals surface area contributed by atoms with Gasteiger partial charge in [-0.05, 0) is 40.2 Å². The highest BCUT2D eigenvalue weighted by Crippen LogP contribution is 2.32. The Morgan fingerprint density at radius 3 is 2.28 bits per heavy atom. The molecule has 0 saturated heterocycles. The first-order valence-corrected chi connectivity index (χ1v) is 5.72. The largest absolute Gasteiger partial charge is 0.450 e. The lowest BCUT2D eigenvalue weighted by molar-refractivity contribution is 0.405. The van der Waals surface area contributed by atoms with E-state index in [0.717, 1.165) is 12.1 Å². The van der Waals surface area contributed by atoms with Gasteiger partial charge in [-0.15, -0.1) is 0 Å². The Bertz CT molecular complexity index is 614. The van der Waals surface area contributed by atoms with E-state index in [1.54, 1.807) is 30.3 Å². The Labute approximate surface area is 111 Å². The maximum absolute atomic E-state index is 13.6. The van der Waals surface area contributed by atoms with Crippen molar-refractivity contribution < 1.29 is 13.5 Å². The Hall–Kier alpha value is -1.93. The van der Waals surface area contributed by atoms with Crippen molar-refractivity contribution in [2.45, 2.75) is 0 Å². The van der Waals surface area contributed by atoms with Gasteiger partial charge in [0, 0.05) is 0 Å². The first kappa shape index (κ1) is 12.5. The van der Waals surface area contributed by atoms with Crippen molar-refractivity contribution >= 4 is 15.9 Å². The van der Waals surface area contributed by atoms with Crippen molar-refractivity contribution in [1.82, 2.24) is 0 Å². The lowest BCUT2D eigenvalue weighted by atomic mass is 10.2. The van der Waals surface area contributed by atoms with Crippen LogP contribution in [0.5, 0.6) is 11.5 Å². The minimum atomic E-state index is -0.915. The summed E-state index contributed by atoms with van der Waals surface area (Å²) in [6, 6.07) is 10.2. The molecule has 0 aliphatic rings. The first-order valence-electron chi connectivity index (χ1n) is 4.93. The van der Waals surface area contributed by atoms with E-state index in [1.165, 1.54) is 0 Å². The quantitative estimate of drug-likeness (QED) is 0.824. The molecule has 0 aliphatic heterocycles. The molecule has 0 heterocycles. The molecule has 0 N–H and O–H groups in total. The standard InChI is InChI=1S/C13H6BrF2NO/c14-9-3-1-2-4-12(9)18-13-10(15)5-8(7-17)6-11(13)16/h1-6H. The summed E-state index contributed by atoms with van der Waals surface area (Å²) in [5.74, 6) is -2.06. The summed E-state index contributed by atoms with van der Waals surface area (Å²) in [6.07, 6.45) is 0. The smallest absolute Gasteiger partial charge is 0.198 e. The number of halogens is 3. The molecule has 5 heteroatoms. The van der Waals surface area contributed by atoms with Gasteiger partial charge in [0.25, 0.3) is 0 Å². The Morgan fingerprint density at radius 1 is 1.11 bits per heavy atom. The number of ether oxygens (including phenoxy) is 1. The van der Waals surface area contributed by atoms with E-state index < -0.39 is 17.4 Å². The topological polar surface area (TPSA) is 33.0 Å². The molecular formula is C13H6BrF2NO. The van der Waals surface area contributed by atoms with Gasteiger partial charge >= 0.3 is 0 Å². The molecule has 0 amide bonds. The van der Waals surface area contributed by atoms with Gasteiger partial charge in [0.15, 0.2) is 17.4 Å². The Balaban J connectivity index is 2.42. The van der Waals surface area contributed by atoms with Crippen LogP contribution in [0.2, 0.25) is 0 Å². The van der Waals surface area contributed by atoms with E-state index in [-0.39, 0.29) is 5.56 Å². The van der Waals surface area contributed by atoms with Crippen LogP contribution < -0.4 is 4.74 Å². The number of nitriles is 1. The van der Waals surface area contributed by atoms with Crippen LogP contribution in [0, 0.1) is 23.0 Å². The molecule has 0 aromatic heterocycles. The molecule has 0 aliphatic carbocycles. The second-order valence-corrected chi connectivity index (χ2v) is 4.27. The molecule has 18 heavy (non-hydrogen) atoms. The monoisotopic (exact) mass is 309 g/mol. The molecule has 0 radical (unpaired) electrons. The highest BCUT2D eigenvalue weighted by Gasteiger charge is 2.14. The Kier molecular flexibility index (Phi) is 3.58. The summed E-state index contributed by atoms with van der Waals surface area (Å²) in [7, 11) is 0. The fraction of sp³-hybridized carbons (Fsp3) is 0. The van der Waals surface area contributed by atoms with E-state index >= 15 is 0 Å². The minimum absolute atomic E-state index is 0.0931. The lowest BCUT2D eigenvalue weighted by Crippen LogP contribution is -1.94. The van der Waals surface area contributed by atoms with Crippen molar-refractivity contribution in [2.75, 3.05) is 0 Å². The van der Waals surface area contributed by atoms with Crippen LogP contribution in [0.4, 0.5) is 8.78 Å². The maximum Gasteiger partial charge on any atom is 0.198 e. The molecule has 0 bridgehead atoms. The van der Waals surface area contributed by atoms with Crippen LogP contribution in [0.15, 0.2) is 40.9 Å². The third kappa shape index (κ3) is 2.49. The van der Waals surface area contributed by atoms with Gasteiger partial charge in [-0.25, -0.2) is 8.78 Å². The molecule has 0 unspecified atom stereocenters. The fourth-order valence-electron chi connectivity index (χ4n) is 1.36. The SMILES string of the molecule is N#Cc1cc(F)c(Oc2ccccc2Br)c(F)c1. The maximum atomic E-state index is 13.6. The van der Waals surface area contributed by atoms with Gasteiger partial charge in [-0.3, -0.25) is 0 Å². The van der Waals surface area contributed by atoms with E-state index in [2.05, 4.69) is 15.9 Å². The van der Waals surface area contributed by atoms with Gasteiger partial charge in [0.1, 0.15) is 5.75 Å². The molecule has 2 aromatic carbocycles. The summed E-state index contributed by atoms with van der Waals surface area (Å²) in [4.78, 5) is 0. The first-order chi connectivity index (χ1) is 8.61. The van der Waals surface area contributed by atoms with E-state index in [1.807, 2.05) is 0 Å².